The van der Waals surface area contributed by atoms with E-state index in [1.165, 1.54) is 11.6 Å². The first kappa shape index (κ1) is 15.1. The molecular weight excluding hydrogens is 319 g/mol. The van der Waals surface area contributed by atoms with Crippen LogP contribution in [-0.4, -0.2) is 12.0 Å². The minimum absolute atomic E-state index is 0.0734. The summed E-state index contributed by atoms with van der Waals surface area (Å²) >= 11 is 3.48. The fourth-order valence-electron chi connectivity index (χ4n) is 2.32. The van der Waals surface area contributed by atoms with Crippen molar-refractivity contribution < 1.29 is 4.39 Å². The molecule has 1 aromatic carbocycles. The van der Waals surface area contributed by atoms with Gasteiger partial charge in [-0.1, -0.05) is 28.9 Å². The van der Waals surface area contributed by atoms with Crippen LogP contribution in [0.5, 0.6) is 0 Å². The maximum atomic E-state index is 13.4. The normalized spacial score (nSPS) is 12.4. The standard InChI is InChI=1S/C16H18BrFN2/c1-3-11-5-4-8-20-16(11)15(19-2)10-12-9-13(18)6-7-14(12)17/h4-9,15,19H,3,10H2,1-2H3. The van der Waals surface area contributed by atoms with E-state index >= 15 is 0 Å². The maximum Gasteiger partial charge on any atom is 0.123 e. The van der Waals surface area contributed by atoms with Crippen LogP contribution in [0.3, 0.4) is 0 Å². The largest absolute Gasteiger partial charge is 0.311 e. The molecule has 0 spiro atoms. The van der Waals surface area contributed by atoms with Crippen LogP contribution in [0.1, 0.15) is 29.8 Å². The molecule has 0 aliphatic heterocycles. The molecule has 0 radical (unpaired) electrons. The van der Waals surface area contributed by atoms with Gasteiger partial charge in [-0.2, -0.15) is 0 Å². The van der Waals surface area contributed by atoms with Crippen molar-refractivity contribution in [1.82, 2.24) is 10.3 Å². The maximum absolute atomic E-state index is 13.4. The van der Waals surface area contributed by atoms with Crippen LogP contribution in [0.2, 0.25) is 0 Å². The highest BCUT2D eigenvalue weighted by Gasteiger charge is 2.16. The zero-order valence-electron chi connectivity index (χ0n) is 11.7. The van der Waals surface area contributed by atoms with E-state index in [9.17, 15) is 4.39 Å². The van der Waals surface area contributed by atoms with E-state index < -0.39 is 0 Å². The molecule has 1 heterocycles. The van der Waals surface area contributed by atoms with Gasteiger partial charge in [-0.15, -0.1) is 0 Å². The molecule has 0 fully saturated rings. The number of halogens is 2. The molecule has 2 nitrogen and oxygen atoms in total. The summed E-state index contributed by atoms with van der Waals surface area (Å²) in [5.74, 6) is -0.213. The minimum Gasteiger partial charge on any atom is -0.311 e. The van der Waals surface area contributed by atoms with Crippen molar-refractivity contribution in [2.24, 2.45) is 0 Å². The Morgan fingerprint density at radius 1 is 1.30 bits per heavy atom. The fourth-order valence-corrected chi connectivity index (χ4v) is 2.73. The van der Waals surface area contributed by atoms with Crippen molar-refractivity contribution in [2.45, 2.75) is 25.8 Å². The first-order valence-corrected chi connectivity index (χ1v) is 7.50. The predicted molar refractivity (Wildman–Crippen MR) is 83.2 cm³/mol. The number of nitrogens with zero attached hydrogens (tertiary/aromatic N) is 1. The number of pyridine rings is 1. The van der Waals surface area contributed by atoms with Gasteiger partial charge in [0.1, 0.15) is 5.82 Å². The smallest absolute Gasteiger partial charge is 0.123 e. The topological polar surface area (TPSA) is 24.9 Å². The quantitative estimate of drug-likeness (QED) is 0.890. The van der Waals surface area contributed by atoms with Gasteiger partial charge in [0.2, 0.25) is 0 Å². The SMILES string of the molecule is CCc1cccnc1C(Cc1cc(F)ccc1Br)NC. The van der Waals surface area contributed by atoms with E-state index in [0.29, 0.717) is 6.42 Å². The third-order valence-electron chi connectivity index (χ3n) is 3.42. The fraction of sp³-hybridized carbons (Fsp3) is 0.312. The number of hydrogen-bond donors (Lipinski definition) is 1. The Labute approximate surface area is 127 Å². The Hall–Kier alpha value is -1.26. The molecule has 0 bridgehead atoms. The minimum atomic E-state index is -0.213. The number of aryl methyl sites for hydroxylation is 1. The van der Waals surface area contributed by atoms with Crippen LogP contribution in [0.4, 0.5) is 4.39 Å². The van der Waals surface area contributed by atoms with E-state index in [1.54, 1.807) is 18.3 Å². The number of likely N-dealkylation sites (N-methyl/N-ethyl adjacent to an activating group) is 1. The van der Waals surface area contributed by atoms with E-state index in [1.807, 2.05) is 13.1 Å². The second-order valence-electron chi connectivity index (χ2n) is 4.68. The first-order chi connectivity index (χ1) is 9.65. The number of benzene rings is 1. The molecule has 2 aromatic rings. The van der Waals surface area contributed by atoms with E-state index in [-0.39, 0.29) is 11.9 Å². The summed E-state index contributed by atoms with van der Waals surface area (Å²) in [5.41, 5.74) is 3.20. The van der Waals surface area contributed by atoms with Gasteiger partial charge in [0.05, 0.1) is 11.7 Å². The van der Waals surface area contributed by atoms with Gasteiger partial charge in [0, 0.05) is 10.7 Å². The highest BCUT2D eigenvalue weighted by molar-refractivity contribution is 9.10. The average molecular weight is 337 g/mol. The Bertz CT molecular complexity index is 586. The molecule has 0 saturated heterocycles. The Kier molecular flexibility index (Phi) is 5.26. The first-order valence-electron chi connectivity index (χ1n) is 6.70. The Balaban J connectivity index is 2.31. The highest BCUT2D eigenvalue weighted by Crippen LogP contribution is 2.25. The molecule has 0 aliphatic carbocycles. The van der Waals surface area contributed by atoms with Crippen molar-refractivity contribution >= 4 is 15.9 Å². The van der Waals surface area contributed by atoms with Gasteiger partial charge in [-0.3, -0.25) is 4.98 Å². The molecule has 1 unspecified atom stereocenters. The number of aromatic nitrogens is 1. The molecule has 4 heteroatoms. The van der Waals surface area contributed by atoms with Gasteiger partial charge in [-0.25, -0.2) is 4.39 Å². The summed E-state index contributed by atoms with van der Waals surface area (Å²) < 4.78 is 14.3. The lowest BCUT2D eigenvalue weighted by molar-refractivity contribution is 0.564. The number of nitrogens with one attached hydrogen (secondary N) is 1. The average Bonchev–Trinajstić information content (AvgIpc) is 2.48. The van der Waals surface area contributed by atoms with Crippen LogP contribution >= 0.6 is 15.9 Å². The van der Waals surface area contributed by atoms with Crippen molar-refractivity contribution in [2.75, 3.05) is 7.05 Å². The zero-order chi connectivity index (χ0) is 14.5. The molecule has 0 amide bonds. The Morgan fingerprint density at radius 3 is 2.80 bits per heavy atom. The van der Waals surface area contributed by atoms with Crippen LogP contribution in [0.15, 0.2) is 41.0 Å². The molecule has 106 valence electrons. The lowest BCUT2D eigenvalue weighted by Crippen LogP contribution is -2.21. The summed E-state index contributed by atoms with van der Waals surface area (Å²) in [5, 5.41) is 3.28. The van der Waals surface area contributed by atoms with Gasteiger partial charge < -0.3 is 5.32 Å². The molecule has 0 aliphatic rings. The number of hydrogen-bond acceptors (Lipinski definition) is 2. The lowest BCUT2D eigenvalue weighted by atomic mass is 9.98. The summed E-state index contributed by atoms with van der Waals surface area (Å²) in [6, 6.07) is 8.89. The van der Waals surface area contributed by atoms with Crippen molar-refractivity contribution in [3.8, 4) is 0 Å². The van der Waals surface area contributed by atoms with E-state index in [4.69, 9.17) is 0 Å². The highest BCUT2D eigenvalue weighted by atomic mass is 79.9. The van der Waals surface area contributed by atoms with E-state index in [2.05, 4.69) is 39.2 Å². The van der Waals surface area contributed by atoms with Crippen molar-refractivity contribution in [3.05, 3.63) is 63.6 Å². The summed E-state index contributed by atoms with van der Waals surface area (Å²) in [6.45, 7) is 2.12. The molecule has 1 N–H and O–H groups in total. The molecule has 2 rings (SSSR count). The molecule has 1 aromatic heterocycles. The molecule has 1 atom stereocenters. The van der Waals surface area contributed by atoms with Gasteiger partial charge >= 0.3 is 0 Å². The lowest BCUT2D eigenvalue weighted by Gasteiger charge is -2.19. The number of rotatable bonds is 5. The van der Waals surface area contributed by atoms with Crippen LogP contribution in [0.25, 0.3) is 0 Å². The summed E-state index contributed by atoms with van der Waals surface area (Å²) in [6.07, 6.45) is 3.43. The molecule has 0 saturated carbocycles. The molecular formula is C16H18BrFN2. The van der Waals surface area contributed by atoms with Crippen LogP contribution in [-0.2, 0) is 12.8 Å². The third kappa shape index (κ3) is 3.44. The summed E-state index contributed by atoms with van der Waals surface area (Å²) in [7, 11) is 1.91. The third-order valence-corrected chi connectivity index (χ3v) is 4.19. The van der Waals surface area contributed by atoms with Crippen LogP contribution in [0, 0.1) is 5.82 Å². The van der Waals surface area contributed by atoms with Gasteiger partial charge in [0.25, 0.3) is 0 Å². The van der Waals surface area contributed by atoms with Gasteiger partial charge in [-0.05, 0) is 55.3 Å². The molecule has 20 heavy (non-hydrogen) atoms. The zero-order valence-corrected chi connectivity index (χ0v) is 13.2. The summed E-state index contributed by atoms with van der Waals surface area (Å²) in [4.78, 5) is 4.50. The van der Waals surface area contributed by atoms with Gasteiger partial charge in [0.15, 0.2) is 0 Å². The van der Waals surface area contributed by atoms with Crippen molar-refractivity contribution in [1.29, 1.82) is 0 Å². The van der Waals surface area contributed by atoms with Crippen molar-refractivity contribution in [3.63, 3.8) is 0 Å². The second-order valence-corrected chi connectivity index (χ2v) is 5.54. The predicted octanol–water partition coefficient (Wildman–Crippen LogP) is 4.05. The van der Waals surface area contributed by atoms with E-state index in [0.717, 1.165) is 22.2 Å². The van der Waals surface area contributed by atoms with Crippen LogP contribution < -0.4 is 5.32 Å². The second kappa shape index (κ2) is 6.95. The Morgan fingerprint density at radius 2 is 2.10 bits per heavy atom. The monoisotopic (exact) mass is 336 g/mol.